The third-order valence-corrected chi connectivity index (χ3v) is 2.00. The van der Waals surface area contributed by atoms with Crippen molar-refractivity contribution in [3.8, 4) is 0 Å². The largest absolute Gasteiger partial charge is 0.480 e. The molecule has 1 rings (SSSR count). The SMILES string of the molecule is CCC1C[C@@H](C(=O)O)NC1=O. The third-order valence-electron chi connectivity index (χ3n) is 2.00. The molecular weight excluding hydrogens is 146 g/mol. The molecule has 0 bridgehead atoms. The van der Waals surface area contributed by atoms with E-state index in [2.05, 4.69) is 5.32 Å². The van der Waals surface area contributed by atoms with Gasteiger partial charge in [-0.1, -0.05) is 6.92 Å². The first-order chi connectivity index (χ1) is 5.15. The molecule has 1 fully saturated rings. The van der Waals surface area contributed by atoms with Gasteiger partial charge in [-0.2, -0.15) is 0 Å². The van der Waals surface area contributed by atoms with Crippen LogP contribution in [0.15, 0.2) is 0 Å². The van der Waals surface area contributed by atoms with E-state index in [9.17, 15) is 9.59 Å². The van der Waals surface area contributed by atoms with Crippen molar-refractivity contribution in [3.63, 3.8) is 0 Å². The van der Waals surface area contributed by atoms with Crippen molar-refractivity contribution in [2.24, 2.45) is 5.92 Å². The van der Waals surface area contributed by atoms with Crippen LogP contribution in [0.2, 0.25) is 0 Å². The minimum absolute atomic E-state index is 0.101. The normalized spacial score (nSPS) is 30.1. The van der Waals surface area contributed by atoms with Crippen molar-refractivity contribution in [1.82, 2.24) is 5.32 Å². The Morgan fingerprint density at radius 3 is 2.73 bits per heavy atom. The average Bonchev–Trinajstić information content (AvgIpc) is 2.31. The zero-order chi connectivity index (χ0) is 8.43. The maximum absolute atomic E-state index is 10.9. The van der Waals surface area contributed by atoms with E-state index in [1.165, 1.54) is 0 Å². The molecule has 0 aromatic carbocycles. The van der Waals surface area contributed by atoms with Crippen LogP contribution in [0.1, 0.15) is 19.8 Å². The van der Waals surface area contributed by atoms with Crippen LogP contribution in [0.3, 0.4) is 0 Å². The summed E-state index contributed by atoms with van der Waals surface area (Å²) in [6, 6.07) is -0.660. The molecule has 0 radical (unpaired) electrons. The van der Waals surface area contributed by atoms with Gasteiger partial charge >= 0.3 is 5.97 Å². The van der Waals surface area contributed by atoms with Crippen LogP contribution in [0.5, 0.6) is 0 Å². The molecule has 2 N–H and O–H groups in total. The Hall–Kier alpha value is -1.06. The van der Waals surface area contributed by atoms with E-state index in [0.29, 0.717) is 6.42 Å². The highest BCUT2D eigenvalue weighted by Crippen LogP contribution is 2.18. The van der Waals surface area contributed by atoms with Crippen molar-refractivity contribution >= 4 is 11.9 Å². The third kappa shape index (κ3) is 1.50. The molecule has 1 saturated heterocycles. The van der Waals surface area contributed by atoms with Gasteiger partial charge in [0.25, 0.3) is 0 Å². The second kappa shape index (κ2) is 2.90. The predicted molar refractivity (Wildman–Crippen MR) is 38.0 cm³/mol. The summed E-state index contributed by atoms with van der Waals surface area (Å²) in [4.78, 5) is 21.3. The Balaban J connectivity index is 2.56. The Labute approximate surface area is 64.6 Å². The van der Waals surface area contributed by atoms with Crippen LogP contribution in [0, 0.1) is 5.92 Å². The smallest absolute Gasteiger partial charge is 0.326 e. The van der Waals surface area contributed by atoms with E-state index in [1.54, 1.807) is 0 Å². The molecule has 62 valence electrons. The van der Waals surface area contributed by atoms with E-state index < -0.39 is 12.0 Å². The van der Waals surface area contributed by atoms with Crippen molar-refractivity contribution < 1.29 is 14.7 Å². The molecule has 1 heterocycles. The summed E-state index contributed by atoms with van der Waals surface area (Å²) in [6.07, 6.45) is 1.15. The lowest BCUT2D eigenvalue weighted by atomic mass is 10.0. The number of amides is 1. The van der Waals surface area contributed by atoms with Crippen LogP contribution in [-0.4, -0.2) is 23.0 Å². The van der Waals surface area contributed by atoms with E-state index in [1.807, 2.05) is 6.92 Å². The summed E-state index contributed by atoms with van der Waals surface area (Å²) < 4.78 is 0. The van der Waals surface area contributed by atoms with E-state index in [0.717, 1.165) is 6.42 Å². The highest BCUT2D eigenvalue weighted by molar-refractivity contribution is 5.88. The first-order valence-corrected chi connectivity index (χ1v) is 3.68. The number of aliphatic carboxylic acids is 1. The molecule has 1 unspecified atom stereocenters. The van der Waals surface area contributed by atoms with Crippen LogP contribution < -0.4 is 5.32 Å². The van der Waals surface area contributed by atoms with Crippen LogP contribution >= 0.6 is 0 Å². The molecule has 4 nitrogen and oxygen atoms in total. The number of rotatable bonds is 2. The first kappa shape index (κ1) is 8.04. The summed E-state index contributed by atoms with van der Waals surface area (Å²) >= 11 is 0. The number of carbonyl (C=O) groups excluding carboxylic acids is 1. The topological polar surface area (TPSA) is 66.4 Å². The van der Waals surface area contributed by atoms with E-state index in [-0.39, 0.29) is 11.8 Å². The fourth-order valence-electron chi connectivity index (χ4n) is 1.25. The molecule has 1 amide bonds. The minimum atomic E-state index is -0.936. The van der Waals surface area contributed by atoms with Crippen molar-refractivity contribution in [2.75, 3.05) is 0 Å². The number of nitrogens with one attached hydrogen (secondary N) is 1. The van der Waals surface area contributed by atoms with Gasteiger partial charge in [-0.3, -0.25) is 4.79 Å². The van der Waals surface area contributed by atoms with Gasteiger partial charge in [0.1, 0.15) is 6.04 Å². The van der Waals surface area contributed by atoms with Crippen LogP contribution in [0.4, 0.5) is 0 Å². The van der Waals surface area contributed by atoms with Gasteiger partial charge in [-0.05, 0) is 12.8 Å². The number of carbonyl (C=O) groups is 2. The van der Waals surface area contributed by atoms with E-state index in [4.69, 9.17) is 5.11 Å². The van der Waals surface area contributed by atoms with Gasteiger partial charge in [-0.15, -0.1) is 0 Å². The second-order valence-corrected chi connectivity index (χ2v) is 2.74. The Morgan fingerprint density at radius 2 is 2.45 bits per heavy atom. The first-order valence-electron chi connectivity index (χ1n) is 3.68. The van der Waals surface area contributed by atoms with E-state index >= 15 is 0 Å². The summed E-state index contributed by atoms with van der Waals surface area (Å²) in [6.45, 7) is 1.88. The number of carboxylic acid groups (broad SMARTS) is 1. The van der Waals surface area contributed by atoms with Crippen molar-refractivity contribution in [1.29, 1.82) is 0 Å². The molecule has 1 aliphatic rings. The number of carboxylic acids is 1. The molecule has 0 aromatic rings. The number of hydrogen-bond acceptors (Lipinski definition) is 2. The standard InChI is InChI=1S/C7H11NO3/c1-2-4-3-5(7(10)11)8-6(4)9/h4-5H,2-3H2,1H3,(H,8,9)(H,10,11)/t4?,5-/m0/s1. The fourth-order valence-corrected chi connectivity index (χ4v) is 1.25. The van der Waals surface area contributed by atoms with Gasteiger partial charge in [0.15, 0.2) is 0 Å². The monoisotopic (exact) mass is 157 g/mol. The Morgan fingerprint density at radius 1 is 1.82 bits per heavy atom. The highest BCUT2D eigenvalue weighted by atomic mass is 16.4. The Kier molecular flexibility index (Phi) is 2.12. The lowest BCUT2D eigenvalue weighted by Gasteiger charge is -2.00. The molecule has 2 atom stereocenters. The molecule has 0 spiro atoms. The lowest BCUT2D eigenvalue weighted by molar-refractivity contribution is -0.140. The van der Waals surface area contributed by atoms with Gasteiger partial charge in [0.2, 0.25) is 5.91 Å². The molecule has 0 saturated carbocycles. The molecular formula is C7H11NO3. The zero-order valence-electron chi connectivity index (χ0n) is 6.33. The summed E-state index contributed by atoms with van der Waals surface area (Å²) in [7, 11) is 0. The van der Waals surface area contributed by atoms with Crippen LogP contribution in [-0.2, 0) is 9.59 Å². The Bertz CT molecular complexity index is 190. The van der Waals surface area contributed by atoms with Gasteiger partial charge in [-0.25, -0.2) is 4.79 Å². The fraction of sp³-hybridized carbons (Fsp3) is 0.714. The zero-order valence-corrected chi connectivity index (χ0v) is 6.33. The minimum Gasteiger partial charge on any atom is -0.480 e. The number of hydrogen-bond donors (Lipinski definition) is 2. The van der Waals surface area contributed by atoms with Gasteiger partial charge < -0.3 is 10.4 Å². The van der Waals surface area contributed by atoms with Gasteiger partial charge in [0.05, 0.1) is 0 Å². The second-order valence-electron chi connectivity index (χ2n) is 2.74. The van der Waals surface area contributed by atoms with Crippen LogP contribution in [0.25, 0.3) is 0 Å². The summed E-state index contributed by atoms with van der Waals surface area (Å²) in [5, 5.41) is 10.9. The summed E-state index contributed by atoms with van der Waals surface area (Å²) in [5.41, 5.74) is 0. The molecule has 0 aromatic heterocycles. The molecule has 11 heavy (non-hydrogen) atoms. The predicted octanol–water partition coefficient (Wildman–Crippen LogP) is -0.0143. The summed E-state index contributed by atoms with van der Waals surface area (Å²) in [5.74, 6) is -1.16. The quantitative estimate of drug-likeness (QED) is 0.592. The average molecular weight is 157 g/mol. The van der Waals surface area contributed by atoms with Crippen molar-refractivity contribution in [2.45, 2.75) is 25.8 Å². The highest BCUT2D eigenvalue weighted by Gasteiger charge is 2.34. The molecule has 4 heteroatoms. The molecule has 1 aliphatic heterocycles. The molecule has 0 aliphatic carbocycles. The van der Waals surface area contributed by atoms with Gasteiger partial charge in [0, 0.05) is 5.92 Å². The van der Waals surface area contributed by atoms with Crippen molar-refractivity contribution in [3.05, 3.63) is 0 Å². The maximum Gasteiger partial charge on any atom is 0.326 e. The maximum atomic E-state index is 10.9. The lowest BCUT2D eigenvalue weighted by Crippen LogP contribution is -2.32.